The van der Waals surface area contributed by atoms with Crippen molar-refractivity contribution in [2.45, 2.75) is 2.06 Å². The lowest BCUT2D eigenvalue weighted by Crippen LogP contribution is -1.99. The van der Waals surface area contributed by atoms with Gasteiger partial charge in [-0.3, -0.25) is 0 Å². The molecule has 7 heteroatoms. The van der Waals surface area contributed by atoms with Crippen molar-refractivity contribution in [3.05, 3.63) is 11.0 Å². The minimum Gasteiger partial charge on any atom is -0.234 e. The summed E-state index contributed by atoms with van der Waals surface area (Å²) in [5.41, 5.74) is 0. The number of aromatic nitrogens is 2. The number of nitrogens with zero attached hydrogens (tertiary/aromatic N) is 2. The third kappa shape index (κ3) is 2.90. The van der Waals surface area contributed by atoms with Crippen molar-refractivity contribution in [2.24, 2.45) is 0 Å². The summed E-state index contributed by atoms with van der Waals surface area (Å²) in [6.45, 7) is 0. The van der Waals surface area contributed by atoms with E-state index in [4.69, 9.17) is 0 Å². The maximum Gasteiger partial charge on any atom is 0.155 e. The van der Waals surface area contributed by atoms with Gasteiger partial charge in [-0.05, 0) is 113 Å². The van der Waals surface area contributed by atoms with Gasteiger partial charge in [0, 0.05) is 0 Å². The van der Waals surface area contributed by atoms with Gasteiger partial charge < -0.3 is 0 Å². The van der Waals surface area contributed by atoms with Crippen molar-refractivity contribution in [3.8, 4) is 0 Å². The number of hydrogen-bond donors (Lipinski definition) is 0. The van der Waals surface area contributed by atoms with Crippen molar-refractivity contribution in [2.75, 3.05) is 0 Å². The Kier molecular flexibility index (Phi) is 5.52. The van der Waals surface area contributed by atoms with Crippen LogP contribution in [0.2, 0.25) is 0 Å². The van der Waals surface area contributed by atoms with Gasteiger partial charge in [0.15, 0.2) is 2.06 Å². The van der Waals surface area contributed by atoms with E-state index in [0.29, 0.717) is 2.06 Å². The Morgan fingerprint density at radius 3 is 1.91 bits per heavy atom. The van der Waals surface area contributed by atoms with E-state index in [1.165, 1.54) is 7.27 Å². The van der Waals surface area contributed by atoms with E-state index in [0.717, 1.165) is 3.70 Å². The van der Waals surface area contributed by atoms with Gasteiger partial charge in [0.25, 0.3) is 0 Å². The molecule has 0 aliphatic carbocycles. The fraction of sp³-hybridized carbons (Fsp3) is 0.250. The van der Waals surface area contributed by atoms with E-state index in [-0.39, 0.29) is 0 Å². The molecule has 0 radical (unpaired) electrons. The molecule has 0 amide bonds. The predicted octanol–water partition coefficient (Wildman–Crippen LogP) is 4.02. The molecule has 0 atom stereocenters. The lowest BCUT2D eigenvalue weighted by molar-refractivity contribution is 0.744. The van der Waals surface area contributed by atoms with Crippen LogP contribution in [-0.2, 0) is 0 Å². The van der Waals surface area contributed by atoms with Crippen LogP contribution in [0.3, 0.4) is 0 Å². The van der Waals surface area contributed by atoms with Gasteiger partial charge in [0.1, 0.15) is 7.40 Å². The zero-order valence-corrected chi connectivity index (χ0v) is 15.6. The standard InChI is InChI=1S/C4HI5N2/c5-1-2(6)10-11(3(1)7)4(8)9/h4H. The van der Waals surface area contributed by atoms with Crippen LogP contribution in [0.4, 0.5) is 0 Å². The van der Waals surface area contributed by atoms with Crippen molar-refractivity contribution >= 4 is 113 Å². The molecule has 1 heterocycles. The SMILES string of the molecule is Ic1nn(C(I)I)c(I)c1I. The highest BCUT2D eigenvalue weighted by atomic mass is 127. The molecule has 0 bridgehead atoms. The largest absolute Gasteiger partial charge is 0.234 e. The summed E-state index contributed by atoms with van der Waals surface area (Å²) < 4.78 is 5.98. The fourth-order valence-electron chi connectivity index (χ4n) is 0.497. The zero-order chi connectivity index (χ0) is 8.59. The molecule has 2 nitrogen and oxygen atoms in total. The van der Waals surface area contributed by atoms with Crippen LogP contribution in [0.25, 0.3) is 0 Å². The molecular weight excluding hydrogens is 711 g/mol. The van der Waals surface area contributed by atoms with Gasteiger partial charge >= 0.3 is 0 Å². The Morgan fingerprint density at radius 1 is 1.18 bits per heavy atom. The average Bonchev–Trinajstić information content (AvgIpc) is 2.17. The number of hydrogen-bond acceptors (Lipinski definition) is 1. The normalized spacial score (nSPS) is 11.1. The topological polar surface area (TPSA) is 17.8 Å². The molecule has 11 heavy (non-hydrogen) atoms. The highest BCUT2D eigenvalue weighted by Crippen LogP contribution is 2.29. The molecule has 0 unspecified atom stereocenters. The first-order valence-electron chi connectivity index (χ1n) is 2.41. The lowest BCUT2D eigenvalue weighted by Gasteiger charge is -2.02. The van der Waals surface area contributed by atoms with Gasteiger partial charge in [0.2, 0.25) is 0 Å². The van der Waals surface area contributed by atoms with Gasteiger partial charge in [-0.25, -0.2) is 4.68 Å². The van der Waals surface area contributed by atoms with Gasteiger partial charge in [-0.15, -0.1) is 0 Å². The van der Waals surface area contributed by atoms with E-state index in [9.17, 15) is 0 Å². The van der Waals surface area contributed by atoms with Crippen molar-refractivity contribution in [3.63, 3.8) is 0 Å². The summed E-state index contributed by atoms with van der Waals surface area (Å²) in [5, 5.41) is 4.38. The van der Waals surface area contributed by atoms with E-state index in [2.05, 4.69) is 118 Å². The minimum absolute atomic E-state index is 0.397. The molecule has 0 aliphatic rings. The molecule has 62 valence electrons. The summed E-state index contributed by atoms with van der Waals surface area (Å²) in [7, 11) is 0. The fourth-order valence-corrected chi connectivity index (χ4v) is 4.37. The maximum absolute atomic E-state index is 4.38. The van der Waals surface area contributed by atoms with Crippen LogP contribution in [0.5, 0.6) is 0 Å². The van der Waals surface area contributed by atoms with Crippen LogP contribution in [-0.4, -0.2) is 9.78 Å². The molecule has 0 fully saturated rings. The van der Waals surface area contributed by atoms with Crippen LogP contribution >= 0.6 is 113 Å². The number of alkyl halides is 2. The van der Waals surface area contributed by atoms with Crippen LogP contribution < -0.4 is 0 Å². The first-order valence-corrected chi connectivity index (χ1v) is 8.14. The summed E-state index contributed by atoms with van der Waals surface area (Å²) in [4.78, 5) is 0. The molecule has 1 aromatic rings. The Balaban J connectivity index is 3.19. The Labute approximate surface area is 133 Å². The van der Waals surface area contributed by atoms with Crippen LogP contribution in [0.1, 0.15) is 2.06 Å². The Bertz CT molecular complexity index is 268. The van der Waals surface area contributed by atoms with Gasteiger partial charge in [-0.2, -0.15) is 5.10 Å². The molecule has 0 aliphatic heterocycles. The Hall–Kier alpha value is 2.86. The first kappa shape index (κ1) is 11.9. The lowest BCUT2D eigenvalue weighted by atomic mass is 10.8. The summed E-state index contributed by atoms with van der Waals surface area (Å²) in [5.74, 6) is 0. The van der Waals surface area contributed by atoms with Crippen molar-refractivity contribution in [1.29, 1.82) is 0 Å². The molecular formula is C4HI5N2. The van der Waals surface area contributed by atoms with Crippen molar-refractivity contribution < 1.29 is 0 Å². The second-order valence-corrected chi connectivity index (χ2v) is 9.48. The van der Waals surface area contributed by atoms with Gasteiger partial charge in [0.05, 0.1) is 3.57 Å². The van der Waals surface area contributed by atoms with Crippen LogP contribution in [0.15, 0.2) is 0 Å². The molecule has 0 N–H and O–H groups in total. The smallest absolute Gasteiger partial charge is 0.155 e. The second-order valence-electron chi connectivity index (χ2n) is 1.62. The summed E-state index contributed by atoms with van der Waals surface area (Å²) >= 11 is 11.6. The molecule has 0 aromatic carbocycles. The Morgan fingerprint density at radius 2 is 1.73 bits per heavy atom. The van der Waals surface area contributed by atoms with Gasteiger partial charge in [-0.1, -0.05) is 0 Å². The predicted molar refractivity (Wildman–Crippen MR) is 87.5 cm³/mol. The van der Waals surface area contributed by atoms with E-state index < -0.39 is 0 Å². The molecule has 1 rings (SSSR count). The highest BCUT2D eigenvalue weighted by molar-refractivity contribution is 14.2. The van der Waals surface area contributed by atoms with E-state index in [1.807, 2.05) is 4.68 Å². The maximum atomic E-state index is 4.38. The minimum atomic E-state index is 0.397. The molecule has 1 aromatic heterocycles. The van der Waals surface area contributed by atoms with E-state index in [1.54, 1.807) is 0 Å². The quantitative estimate of drug-likeness (QED) is 0.318. The first-order chi connectivity index (χ1) is 5.04. The monoisotopic (exact) mass is 712 g/mol. The molecule has 0 spiro atoms. The summed E-state index contributed by atoms with van der Waals surface area (Å²) in [6, 6.07) is 0. The van der Waals surface area contributed by atoms with E-state index >= 15 is 0 Å². The summed E-state index contributed by atoms with van der Waals surface area (Å²) in [6.07, 6.45) is 0. The third-order valence-corrected chi connectivity index (χ3v) is 6.87. The van der Waals surface area contributed by atoms with Crippen LogP contribution in [0, 0.1) is 11.0 Å². The second kappa shape index (κ2) is 5.09. The third-order valence-electron chi connectivity index (χ3n) is 0.944. The molecule has 0 saturated carbocycles. The van der Waals surface area contributed by atoms with Crippen molar-refractivity contribution in [1.82, 2.24) is 9.78 Å². The molecule has 0 saturated heterocycles. The highest BCUT2D eigenvalue weighted by Gasteiger charge is 2.14. The number of halogens is 5. The zero-order valence-electron chi connectivity index (χ0n) is 4.86. The number of rotatable bonds is 1. The average molecular weight is 712 g/mol.